The molecule has 2 aliphatic rings. The summed E-state index contributed by atoms with van der Waals surface area (Å²) in [4.78, 5) is 3.95. The molecule has 122 valence electrons. The minimum Gasteiger partial charge on any atom is -0.481 e. The van der Waals surface area contributed by atoms with E-state index in [-0.39, 0.29) is 6.10 Å². The van der Waals surface area contributed by atoms with Gasteiger partial charge in [0, 0.05) is 0 Å². The molecule has 24 heavy (non-hydrogen) atoms. The minimum atomic E-state index is -0.393. The highest BCUT2D eigenvalue weighted by Gasteiger charge is 2.55. The second-order valence-corrected chi connectivity index (χ2v) is 7.06. The fourth-order valence-electron chi connectivity index (χ4n) is 3.60. The van der Waals surface area contributed by atoms with Crippen LogP contribution < -0.4 is 15.4 Å². The lowest BCUT2D eigenvalue weighted by Crippen LogP contribution is -2.54. The smallest absolute Gasteiger partial charge is 0.183 e. The average molecular weight is 355 g/mol. The van der Waals surface area contributed by atoms with Crippen molar-refractivity contribution in [3.05, 3.63) is 60.2 Å². The van der Waals surface area contributed by atoms with Crippen LogP contribution in [0, 0.1) is 0 Å². The summed E-state index contributed by atoms with van der Waals surface area (Å²) in [7, 11) is 0. The molecule has 0 bridgehead atoms. The van der Waals surface area contributed by atoms with Crippen molar-refractivity contribution in [2.24, 2.45) is 5.73 Å². The summed E-state index contributed by atoms with van der Waals surface area (Å²) < 4.78 is 6.40. The summed E-state index contributed by atoms with van der Waals surface area (Å²) in [6.45, 7) is 2.74. The number of thiocarbonyl (C=S) groups is 2. The van der Waals surface area contributed by atoms with E-state index in [1.54, 1.807) is 0 Å². The van der Waals surface area contributed by atoms with E-state index in [1.807, 2.05) is 47.4 Å². The van der Waals surface area contributed by atoms with Gasteiger partial charge < -0.3 is 15.4 Å². The van der Waals surface area contributed by atoms with Crippen LogP contribution in [0.15, 0.2) is 54.6 Å². The highest BCUT2D eigenvalue weighted by Crippen LogP contribution is 2.50. The Hall–Kier alpha value is -2.18. The van der Waals surface area contributed by atoms with Crippen molar-refractivity contribution < 1.29 is 4.74 Å². The molecule has 0 aromatic heterocycles. The second kappa shape index (κ2) is 5.43. The van der Waals surface area contributed by atoms with Gasteiger partial charge in [0.1, 0.15) is 17.4 Å². The molecule has 2 aliphatic heterocycles. The summed E-state index contributed by atoms with van der Waals surface area (Å²) >= 11 is 10.9. The Morgan fingerprint density at radius 1 is 1.17 bits per heavy atom. The van der Waals surface area contributed by atoms with Crippen molar-refractivity contribution in [3.8, 4) is 5.75 Å². The highest BCUT2D eigenvalue weighted by molar-refractivity contribution is 7.82. The van der Waals surface area contributed by atoms with Gasteiger partial charge in [-0.3, -0.25) is 4.90 Å². The van der Waals surface area contributed by atoms with Gasteiger partial charge in [0.25, 0.3) is 0 Å². The SMILES string of the molecule is CC12CN(C(N)=S)C(=S)N1c1ccccc1OC2c1ccccc1. The van der Waals surface area contributed by atoms with Crippen LogP contribution in [0.1, 0.15) is 18.6 Å². The van der Waals surface area contributed by atoms with Crippen LogP contribution in [0.3, 0.4) is 0 Å². The van der Waals surface area contributed by atoms with Crippen LogP contribution in [0.5, 0.6) is 5.75 Å². The number of ether oxygens (including phenoxy) is 1. The van der Waals surface area contributed by atoms with Gasteiger partial charge in [-0.25, -0.2) is 0 Å². The van der Waals surface area contributed by atoms with Crippen LogP contribution >= 0.6 is 24.4 Å². The molecule has 6 heteroatoms. The van der Waals surface area contributed by atoms with E-state index in [2.05, 4.69) is 24.0 Å². The maximum Gasteiger partial charge on any atom is 0.183 e. The number of nitrogens with zero attached hydrogens (tertiary/aromatic N) is 2. The van der Waals surface area contributed by atoms with Gasteiger partial charge in [0.05, 0.1) is 12.2 Å². The number of hydrogen-bond acceptors (Lipinski definition) is 3. The molecule has 0 amide bonds. The molecule has 1 fully saturated rings. The molecule has 2 aromatic carbocycles. The lowest BCUT2D eigenvalue weighted by Gasteiger charge is -2.45. The van der Waals surface area contributed by atoms with Crippen molar-refractivity contribution >= 4 is 40.3 Å². The van der Waals surface area contributed by atoms with Crippen molar-refractivity contribution in [1.29, 1.82) is 0 Å². The third-order valence-electron chi connectivity index (χ3n) is 4.70. The van der Waals surface area contributed by atoms with E-state index in [1.165, 1.54) is 0 Å². The second-order valence-electron chi connectivity index (χ2n) is 6.28. The van der Waals surface area contributed by atoms with E-state index >= 15 is 0 Å². The van der Waals surface area contributed by atoms with E-state index in [9.17, 15) is 0 Å². The Balaban J connectivity index is 1.90. The van der Waals surface area contributed by atoms with E-state index < -0.39 is 5.54 Å². The Labute approximate surface area is 151 Å². The summed E-state index contributed by atoms with van der Waals surface area (Å²) in [6.07, 6.45) is -0.175. The quantitative estimate of drug-likeness (QED) is 0.792. The molecule has 0 aliphatic carbocycles. The molecule has 2 unspecified atom stereocenters. The topological polar surface area (TPSA) is 41.7 Å². The van der Waals surface area contributed by atoms with Crippen LogP contribution in [0.25, 0.3) is 0 Å². The summed E-state index contributed by atoms with van der Waals surface area (Å²) in [5, 5.41) is 0.918. The number of benzene rings is 2. The molecule has 2 aromatic rings. The number of fused-ring (bicyclic) bond motifs is 3. The lowest BCUT2D eigenvalue weighted by molar-refractivity contribution is 0.111. The molecule has 0 spiro atoms. The molecule has 4 nitrogen and oxygen atoms in total. The van der Waals surface area contributed by atoms with Crippen LogP contribution in [-0.4, -0.2) is 27.2 Å². The maximum absolute atomic E-state index is 6.40. The Morgan fingerprint density at radius 2 is 1.83 bits per heavy atom. The standard InChI is InChI=1S/C18H17N3OS2/c1-18-11-20(16(19)23)17(24)21(18)13-9-5-6-10-14(13)22-15(18)12-7-3-2-4-8-12/h2-10,15H,11H2,1H3,(H2,19,23). The molecule has 0 radical (unpaired) electrons. The normalized spacial score (nSPS) is 25.0. The van der Waals surface area contributed by atoms with Crippen molar-refractivity contribution in [3.63, 3.8) is 0 Å². The van der Waals surface area contributed by atoms with Crippen LogP contribution in [-0.2, 0) is 0 Å². The zero-order chi connectivity index (χ0) is 16.9. The molecule has 2 heterocycles. The van der Waals surface area contributed by atoms with E-state index in [0.717, 1.165) is 17.0 Å². The van der Waals surface area contributed by atoms with Gasteiger partial charge >= 0.3 is 0 Å². The third kappa shape index (κ3) is 2.10. The average Bonchev–Trinajstić information content (AvgIpc) is 2.87. The number of anilines is 1. The summed E-state index contributed by atoms with van der Waals surface area (Å²) in [5.74, 6) is 0.816. The van der Waals surface area contributed by atoms with Crippen LogP contribution in [0.4, 0.5) is 5.69 Å². The zero-order valence-electron chi connectivity index (χ0n) is 13.2. The summed E-state index contributed by atoms with van der Waals surface area (Å²) in [5.41, 5.74) is 7.57. The molecule has 1 saturated heterocycles. The number of rotatable bonds is 1. The lowest BCUT2D eigenvalue weighted by atomic mass is 9.86. The predicted octanol–water partition coefficient (Wildman–Crippen LogP) is 3.23. The van der Waals surface area contributed by atoms with E-state index in [0.29, 0.717) is 16.8 Å². The molecular weight excluding hydrogens is 338 g/mol. The van der Waals surface area contributed by atoms with Gasteiger partial charge in [-0.15, -0.1) is 0 Å². The minimum absolute atomic E-state index is 0.175. The highest BCUT2D eigenvalue weighted by atomic mass is 32.1. The van der Waals surface area contributed by atoms with Crippen molar-refractivity contribution in [2.75, 3.05) is 11.4 Å². The van der Waals surface area contributed by atoms with Crippen LogP contribution in [0.2, 0.25) is 0 Å². The van der Waals surface area contributed by atoms with Gasteiger partial charge in [-0.2, -0.15) is 0 Å². The molecule has 4 rings (SSSR count). The van der Waals surface area contributed by atoms with E-state index in [4.69, 9.17) is 34.9 Å². The van der Waals surface area contributed by atoms with Crippen molar-refractivity contribution in [1.82, 2.24) is 4.90 Å². The van der Waals surface area contributed by atoms with Gasteiger partial charge in [-0.1, -0.05) is 42.5 Å². The molecule has 2 N–H and O–H groups in total. The fourth-order valence-corrected chi connectivity index (χ4v) is 4.28. The van der Waals surface area contributed by atoms with Crippen molar-refractivity contribution in [2.45, 2.75) is 18.6 Å². The predicted molar refractivity (Wildman–Crippen MR) is 103 cm³/mol. The Kier molecular flexibility index (Phi) is 3.47. The summed E-state index contributed by atoms with van der Waals surface area (Å²) in [6, 6.07) is 18.1. The fraction of sp³-hybridized carbons (Fsp3) is 0.222. The third-order valence-corrected chi connectivity index (χ3v) is 5.32. The molecular formula is C18H17N3OS2. The Morgan fingerprint density at radius 3 is 2.54 bits per heavy atom. The molecule has 2 atom stereocenters. The number of hydrogen-bond donors (Lipinski definition) is 1. The first-order valence-corrected chi connectivity index (χ1v) is 8.56. The number of nitrogens with two attached hydrogens (primary N) is 1. The first kappa shape index (κ1) is 15.4. The van der Waals surface area contributed by atoms with Gasteiger partial charge in [0.15, 0.2) is 10.2 Å². The zero-order valence-corrected chi connectivity index (χ0v) is 14.8. The first-order chi connectivity index (χ1) is 11.5. The first-order valence-electron chi connectivity index (χ1n) is 7.74. The number of para-hydroxylation sites is 2. The largest absolute Gasteiger partial charge is 0.481 e. The van der Waals surface area contributed by atoms with Gasteiger partial charge in [-0.05, 0) is 49.1 Å². The maximum atomic E-state index is 6.40. The van der Waals surface area contributed by atoms with Gasteiger partial charge in [0.2, 0.25) is 0 Å². The monoisotopic (exact) mass is 355 g/mol. The Bertz CT molecular complexity index is 826. The molecule has 0 saturated carbocycles.